The molecule has 152 valence electrons. The van der Waals surface area contributed by atoms with Gasteiger partial charge in [0.25, 0.3) is 5.91 Å². The number of carboxylic acids is 1. The smallest absolute Gasteiger partial charge is 0.413 e. The average Bonchev–Trinajstić information content (AvgIpc) is 2.58. The van der Waals surface area contributed by atoms with Crippen molar-refractivity contribution in [2.45, 2.75) is 25.4 Å². The van der Waals surface area contributed by atoms with Gasteiger partial charge < -0.3 is 26.0 Å². The van der Waals surface area contributed by atoms with Crippen LogP contribution in [0.15, 0.2) is 0 Å². The molecule has 2 atom stereocenters. The van der Waals surface area contributed by atoms with E-state index >= 15 is 0 Å². The molecule has 0 saturated carbocycles. The second-order valence-corrected chi connectivity index (χ2v) is 6.13. The molecule has 0 rings (SSSR count). The maximum atomic E-state index is 12.2. The standard InChI is InChI=1S/C14H21N3O9S/c1-3-26-13(23)9(18)6-27-5-8(12(22)17(2)14(24)25)16-11(21)7(15)4-10(19)20/h7-8H,3-6,15H2,1-2H3,(H,16,21)(H,19,20)(H,24,25). The highest BCUT2D eigenvalue weighted by Crippen LogP contribution is 2.07. The van der Waals surface area contributed by atoms with Crippen molar-refractivity contribution in [3.8, 4) is 0 Å². The van der Waals surface area contributed by atoms with Gasteiger partial charge in [-0.05, 0) is 6.92 Å². The molecule has 12 nitrogen and oxygen atoms in total. The van der Waals surface area contributed by atoms with Crippen LogP contribution in [0.1, 0.15) is 13.3 Å². The number of rotatable bonds is 11. The highest BCUT2D eigenvalue weighted by molar-refractivity contribution is 8.00. The number of Topliss-reactive ketones (excluding diaryl/α,β-unsaturated/α-hetero) is 1. The Hall–Kier alpha value is -2.67. The lowest BCUT2D eigenvalue weighted by Crippen LogP contribution is -2.54. The Kier molecular flexibility index (Phi) is 10.7. The summed E-state index contributed by atoms with van der Waals surface area (Å²) in [6.45, 7) is 1.53. The van der Waals surface area contributed by atoms with E-state index in [1.807, 2.05) is 0 Å². The van der Waals surface area contributed by atoms with Crippen LogP contribution in [0.3, 0.4) is 0 Å². The van der Waals surface area contributed by atoms with E-state index in [9.17, 15) is 28.8 Å². The first-order chi connectivity index (χ1) is 12.5. The van der Waals surface area contributed by atoms with Crippen molar-refractivity contribution in [2.24, 2.45) is 5.73 Å². The Bertz CT molecular complexity index is 611. The second kappa shape index (κ2) is 11.9. The predicted octanol–water partition coefficient (Wildman–Crippen LogP) is -1.72. The average molecular weight is 407 g/mol. The molecule has 0 saturated heterocycles. The summed E-state index contributed by atoms with van der Waals surface area (Å²) in [6, 6.07) is -2.86. The van der Waals surface area contributed by atoms with Crippen molar-refractivity contribution < 1.29 is 43.7 Å². The van der Waals surface area contributed by atoms with Gasteiger partial charge in [-0.2, -0.15) is 11.8 Å². The van der Waals surface area contributed by atoms with E-state index in [1.54, 1.807) is 0 Å². The maximum absolute atomic E-state index is 12.2. The molecule has 0 aliphatic heterocycles. The van der Waals surface area contributed by atoms with Crippen LogP contribution in [0, 0.1) is 0 Å². The third-order valence-electron chi connectivity index (χ3n) is 2.98. The van der Waals surface area contributed by atoms with E-state index in [2.05, 4.69) is 10.1 Å². The number of nitrogens with one attached hydrogen (secondary N) is 1. The molecule has 0 aliphatic rings. The molecule has 0 aliphatic carbocycles. The number of carbonyl (C=O) groups excluding carboxylic acids is 4. The normalized spacial score (nSPS) is 12.4. The molecular weight excluding hydrogens is 386 g/mol. The minimum Gasteiger partial charge on any atom is -0.481 e. The number of esters is 1. The lowest BCUT2D eigenvalue weighted by atomic mass is 10.2. The van der Waals surface area contributed by atoms with Crippen LogP contribution >= 0.6 is 11.8 Å². The van der Waals surface area contributed by atoms with Gasteiger partial charge in [0.1, 0.15) is 6.04 Å². The summed E-state index contributed by atoms with van der Waals surface area (Å²) in [5.41, 5.74) is 5.40. The lowest BCUT2D eigenvalue weighted by molar-refractivity contribution is -0.152. The summed E-state index contributed by atoms with van der Waals surface area (Å²) < 4.78 is 4.51. The molecule has 0 aromatic heterocycles. The predicted molar refractivity (Wildman–Crippen MR) is 91.9 cm³/mol. The molecule has 5 N–H and O–H groups in total. The molecular formula is C14H21N3O9S. The van der Waals surface area contributed by atoms with Crippen LogP contribution in [0.2, 0.25) is 0 Å². The summed E-state index contributed by atoms with van der Waals surface area (Å²) in [6.07, 6.45) is -2.28. The zero-order valence-electron chi connectivity index (χ0n) is 14.7. The SMILES string of the molecule is CCOC(=O)C(=O)CSCC(NC(=O)C(N)CC(=O)O)C(=O)N(C)C(=O)O. The van der Waals surface area contributed by atoms with Crippen LogP contribution < -0.4 is 11.1 Å². The number of hydrogen-bond acceptors (Lipinski definition) is 9. The number of amides is 3. The number of nitrogens with zero attached hydrogens (tertiary/aromatic N) is 1. The van der Waals surface area contributed by atoms with E-state index in [-0.39, 0.29) is 18.1 Å². The minimum absolute atomic E-state index is 0.0112. The van der Waals surface area contributed by atoms with Crippen LogP contribution in [-0.4, -0.2) is 88.0 Å². The largest absolute Gasteiger partial charge is 0.481 e. The van der Waals surface area contributed by atoms with E-state index in [4.69, 9.17) is 15.9 Å². The molecule has 0 radical (unpaired) electrons. The van der Waals surface area contributed by atoms with Crippen LogP contribution in [0.25, 0.3) is 0 Å². The summed E-state index contributed by atoms with van der Waals surface area (Å²) in [4.78, 5) is 68.7. The van der Waals surface area contributed by atoms with Gasteiger partial charge in [0.15, 0.2) is 0 Å². The van der Waals surface area contributed by atoms with Crippen molar-refractivity contribution in [1.82, 2.24) is 10.2 Å². The number of carbonyl (C=O) groups is 6. The van der Waals surface area contributed by atoms with E-state index in [0.717, 1.165) is 18.8 Å². The van der Waals surface area contributed by atoms with Crippen LogP contribution in [0.5, 0.6) is 0 Å². The number of aliphatic carboxylic acids is 1. The topological polar surface area (TPSA) is 193 Å². The fourth-order valence-electron chi connectivity index (χ4n) is 1.60. The number of thioether (sulfide) groups is 1. The van der Waals surface area contributed by atoms with Gasteiger partial charge >= 0.3 is 18.0 Å². The number of nitrogens with two attached hydrogens (primary N) is 1. The molecule has 3 amide bonds. The molecule has 0 fully saturated rings. The van der Waals surface area contributed by atoms with Crippen molar-refractivity contribution in [1.29, 1.82) is 0 Å². The zero-order chi connectivity index (χ0) is 21.1. The molecule has 2 unspecified atom stereocenters. The summed E-state index contributed by atoms with van der Waals surface area (Å²) in [7, 11) is 0.954. The maximum Gasteiger partial charge on any atom is 0.413 e. The first-order valence-electron chi connectivity index (χ1n) is 7.57. The number of ether oxygens (including phenoxy) is 1. The third kappa shape index (κ3) is 9.01. The minimum atomic E-state index is -1.58. The van der Waals surface area contributed by atoms with Gasteiger partial charge in [-0.3, -0.25) is 19.2 Å². The summed E-state index contributed by atoms with van der Waals surface area (Å²) >= 11 is 0.786. The first kappa shape index (κ1) is 24.3. The monoisotopic (exact) mass is 407 g/mol. The fraction of sp³-hybridized carbons (Fsp3) is 0.571. The third-order valence-corrected chi connectivity index (χ3v) is 4.02. The lowest BCUT2D eigenvalue weighted by Gasteiger charge is -2.22. The van der Waals surface area contributed by atoms with Crippen molar-refractivity contribution in [3.63, 3.8) is 0 Å². The van der Waals surface area contributed by atoms with Crippen molar-refractivity contribution in [2.75, 3.05) is 25.2 Å². The molecule has 0 heterocycles. The Morgan fingerprint density at radius 2 is 1.78 bits per heavy atom. The van der Waals surface area contributed by atoms with Gasteiger partial charge in [-0.1, -0.05) is 0 Å². The van der Waals surface area contributed by atoms with E-state index in [1.165, 1.54) is 6.92 Å². The van der Waals surface area contributed by atoms with Gasteiger partial charge in [-0.15, -0.1) is 0 Å². The van der Waals surface area contributed by atoms with Crippen LogP contribution in [-0.2, 0) is 28.7 Å². The Balaban J connectivity index is 4.99. The number of hydrogen-bond donors (Lipinski definition) is 4. The molecule has 13 heteroatoms. The van der Waals surface area contributed by atoms with Crippen molar-refractivity contribution in [3.05, 3.63) is 0 Å². The van der Waals surface area contributed by atoms with Crippen LogP contribution in [0.4, 0.5) is 4.79 Å². The van der Waals surface area contributed by atoms with Gasteiger partial charge in [0.05, 0.1) is 24.8 Å². The van der Waals surface area contributed by atoms with Gasteiger partial charge in [0.2, 0.25) is 11.7 Å². The molecule has 0 bridgehead atoms. The fourth-order valence-corrected chi connectivity index (χ4v) is 2.48. The van der Waals surface area contributed by atoms with Crippen molar-refractivity contribution >= 4 is 47.4 Å². The quantitative estimate of drug-likeness (QED) is 0.225. The number of carboxylic acid groups (broad SMARTS) is 2. The number of likely N-dealkylation sites (N-methyl/N-ethyl adjacent to an activating group) is 1. The highest BCUT2D eigenvalue weighted by Gasteiger charge is 2.30. The number of imide groups is 1. The zero-order valence-corrected chi connectivity index (χ0v) is 15.5. The molecule has 27 heavy (non-hydrogen) atoms. The molecule has 0 spiro atoms. The van der Waals surface area contributed by atoms with Gasteiger partial charge in [-0.25, -0.2) is 14.5 Å². The molecule has 0 aromatic carbocycles. The van der Waals surface area contributed by atoms with E-state index in [0.29, 0.717) is 4.90 Å². The molecule has 0 aromatic rings. The summed E-state index contributed by atoms with van der Waals surface area (Å²) in [5.74, 6) is -5.88. The van der Waals surface area contributed by atoms with E-state index < -0.39 is 54.1 Å². The highest BCUT2D eigenvalue weighted by atomic mass is 32.2. The second-order valence-electron chi connectivity index (χ2n) is 5.10. The Morgan fingerprint density at radius 1 is 1.19 bits per heavy atom. The Labute approximate surface area is 158 Å². The van der Waals surface area contributed by atoms with Gasteiger partial charge in [0, 0.05) is 12.8 Å². The Morgan fingerprint density at radius 3 is 2.26 bits per heavy atom. The summed E-state index contributed by atoms with van der Waals surface area (Å²) in [5, 5.41) is 19.7. The first-order valence-corrected chi connectivity index (χ1v) is 8.72. The number of ketones is 1.